The standard InChI is InChI=1S/C19H14N2O4.C18H12N2O4.C17H10N2O4.C14H12N2O4.C13H10N2O4.C12H8N2O4.C9H7NO2.C5H7NO2/c1-3-10-4-6-11(7-5-10)21-18(24)14-8-12-13(9-15(14)19(21)25)17(23)20(2)16(12)22;1-9-3-5-10(6-4-9)20-17(23)13-7-11-12(8-14(13)18(20)24)16(22)19(2)15(11)21;1-18-14(20)10-7-12-13(8-11(10)15(18)21)17(23)19(16(12)22)9-5-3-2-4-6-9;1-3-4-16-13(19)9-5-7-8(6-10(9)14(16)20)12(18)15(2)11(7)17;1-3-15-12(18)8-4-6-7(5-9(8)13(15)19)11(17)14(2)10(6)16;1-13-9(15)5-3-7-8(4-6(5)10(13)16)12(18)14(2)11(7)17;1-10-8(11)6-4-2-3-5-7(6)9(10)12;1-6-4(7)2-3-5(6)8/h4-9H,3H2,1-2H3;3-8H,1-2H3;2-8H,1H3;5-6H,3-4H2,1-2H3;4-5H,3H2,1-2H3;3-4H,1-2H3;2-5H,1H3;2-3H2,1H3. The van der Waals surface area contributed by atoms with Crippen molar-refractivity contribution in [1.29, 1.82) is 0 Å². The average Bonchev–Trinajstić information content (AvgIpc) is 1.58. The molecule has 12 aromatic heterocycles. The Labute approximate surface area is 826 Å². The van der Waals surface area contributed by atoms with Crippen molar-refractivity contribution < 1.29 is 19.2 Å². The lowest BCUT2D eigenvalue weighted by Gasteiger charge is -2.02. The van der Waals surface area contributed by atoms with E-state index in [4.69, 9.17) is 0 Å². The van der Waals surface area contributed by atoms with Crippen molar-refractivity contribution in [2.24, 2.45) is 49.3 Å². The second-order valence-corrected chi connectivity index (χ2v) is 35.6. The number of hydrogen-bond acceptors (Lipinski definition) is 28. The van der Waals surface area contributed by atoms with E-state index in [0.29, 0.717) is 54.0 Å². The van der Waals surface area contributed by atoms with E-state index in [1.165, 1.54) is 141 Å². The maximum atomic E-state index is 12.7. The fraction of sp³-hybridized carbons (Fsp3) is 0.178. The molecule has 10 aromatic carbocycles. The van der Waals surface area contributed by atoms with Gasteiger partial charge in [-0.25, -0.2) is 13.7 Å². The second kappa shape index (κ2) is 37.8. The van der Waals surface area contributed by atoms with Gasteiger partial charge < -0.3 is 0 Å². The average molecular weight is 2010 g/mol. The summed E-state index contributed by atoms with van der Waals surface area (Å²) >= 11 is 0. The number of fused-ring (bicyclic) bond motifs is 13. The number of carbonyl (C=O) groups excluding carboxylic acids is 4. The highest BCUT2D eigenvalue weighted by Crippen LogP contribution is 2.25. The number of aryl methyl sites for hydroxylation is 2. The van der Waals surface area contributed by atoms with Gasteiger partial charge in [0.1, 0.15) is 0 Å². The molecule has 746 valence electrons. The van der Waals surface area contributed by atoms with Crippen LogP contribution in [0.15, 0.2) is 291 Å². The van der Waals surface area contributed by atoms with Crippen LogP contribution in [0.3, 0.4) is 0 Å². The van der Waals surface area contributed by atoms with Crippen LogP contribution in [0.4, 0.5) is 0 Å². The first-order valence-electron chi connectivity index (χ1n) is 45.8. The Morgan fingerprint density at radius 1 is 0.208 bits per heavy atom. The monoisotopic (exact) mass is 2010 g/mol. The third-order valence-electron chi connectivity index (χ3n) is 26.9. The number of rotatable bonds is 7. The summed E-state index contributed by atoms with van der Waals surface area (Å²) in [7, 11) is 12.6. The smallest absolute Gasteiger partial charge is 0.266 e. The summed E-state index contributed by atoms with van der Waals surface area (Å²) in [5.74, 6) is -0.545. The molecule has 149 heavy (non-hydrogen) atoms. The molecule has 2 aliphatic heterocycles. The summed E-state index contributed by atoms with van der Waals surface area (Å²) in [6.45, 7) is 8.08. The molecular formula is C107H80N14O28. The summed E-state index contributed by atoms with van der Waals surface area (Å²) in [5, 5.41) is 4.13. The van der Waals surface area contributed by atoms with Gasteiger partial charge in [-0.2, -0.15) is 0 Å². The molecule has 14 heterocycles. The van der Waals surface area contributed by atoms with E-state index in [9.17, 15) is 134 Å². The Bertz CT molecular complexity index is 10500. The van der Waals surface area contributed by atoms with Crippen LogP contribution in [0.5, 0.6) is 0 Å². The van der Waals surface area contributed by atoms with E-state index in [2.05, 4.69) is 0 Å². The normalized spacial score (nSPS) is 12.4. The highest BCUT2D eigenvalue weighted by atomic mass is 16.2. The lowest BCUT2D eigenvalue weighted by molar-refractivity contribution is -0.136. The Morgan fingerprint density at radius 2 is 0.403 bits per heavy atom. The molecule has 24 rings (SSSR count). The Hall–Kier alpha value is -19.8. The summed E-state index contributed by atoms with van der Waals surface area (Å²) in [6.07, 6.45) is 2.31. The number of hydrogen-bond donors (Lipinski definition) is 0. The largest absolute Gasteiger partial charge is 0.286 e. The van der Waals surface area contributed by atoms with E-state index in [-0.39, 0.29) is 159 Å². The van der Waals surface area contributed by atoms with Gasteiger partial charge in [-0.3, -0.25) is 185 Å². The van der Waals surface area contributed by atoms with Crippen molar-refractivity contribution in [1.82, 2.24) is 64.6 Å². The first kappa shape index (κ1) is 101. The molecule has 0 N–H and O–H groups in total. The number of imide groups is 2. The van der Waals surface area contributed by atoms with Crippen molar-refractivity contribution in [3.05, 3.63) is 447 Å². The zero-order valence-corrected chi connectivity index (χ0v) is 81.2. The molecule has 4 amide bonds. The molecule has 0 spiro atoms. The number of amides is 4. The number of nitrogens with zero attached hydrogens (tertiary/aromatic N) is 14. The van der Waals surface area contributed by atoms with Gasteiger partial charge in [-0.15, -0.1) is 0 Å². The third-order valence-corrected chi connectivity index (χ3v) is 26.9. The van der Waals surface area contributed by atoms with E-state index in [1.54, 1.807) is 97.9 Å². The maximum absolute atomic E-state index is 12.7. The number of benzene rings is 10. The van der Waals surface area contributed by atoms with Gasteiger partial charge in [0.2, 0.25) is 11.8 Å². The van der Waals surface area contributed by atoms with Crippen LogP contribution in [0.25, 0.3) is 146 Å². The minimum atomic E-state index is -0.492. The summed E-state index contributed by atoms with van der Waals surface area (Å²) in [4.78, 5) is 337. The minimum absolute atomic E-state index is 0.0602. The van der Waals surface area contributed by atoms with Gasteiger partial charge in [0.05, 0.1) is 157 Å². The quantitative estimate of drug-likeness (QED) is 0.202. The van der Waals surface area contributed by atoms with Crippen molar-refractivity contribution in [3.63, 3.8) is 0 Å². The highest BCUT2D eigenvalue weighted by Gasteiger charge is 2.33. The van der Waals surface area contributed by atoms with E-state index >= 15 is 0 Å². The Morgan fingerprint density at radius 3 is 0.604 bits per heavy atom. The van der Waals surface area contributed by atoms with Crippen LogP contribution in [0.1, 0.15) is 71.9 Å². The van der Waals surface area contributed by atoms with E-state index < -0.39 is 133 Å². The van der Waals surface area contributed by atoms with Crippen LogP contribution in [-0.2, 0) is 78.4 Å². The fourth-order valence-corrected chi connectivity index (χ4v) is 18.4. The second-order valence-electron chi connectivity index (χ2n) is 35.6. The zero-order valence-electron chi connectivity index (χ0n) is 81.2. The number of aromatic nitrogens is 12. The first-order chi connectivity index (χ1) is 70.6. The summed E-state index contributed by atoms with van der Waals surface area (Å²) in [5.41, 5.74) is -6.44. The predicted molar refractivity (Wildman–Crippen MR) is 560 cm³/mol. The zero-order chi connectivity index (χ0) is 108. The molecule has 0 bridgehead atoms. The van der Waals surface area contributed by atoms with Crippen LogP contribution < -0.4 is 133 Å². The third kappa shape index (κ3) is 16.2. The molecule has 42 heteroatoms. The highest BCUT2D eigenvalue weighted by molar-refractivity contribution is 6.21. The van der Waals surface area contributed by atoms with E-state index in [1.807, 2.05) is 32.9 Å². The molecule has 0 saturated carbocycles. The van der Waals surface area contributed by atoms with Crippen molar-refractivity contribution >= 4 is 153 Å². The van der Waals surface area contributed by atoms with Gasteiger partial charge in [-0.1, -0.05) is 74.0 Å². The molecule has 42 nitrogen and oxygen atoms in total. The molecule has 0 unspecified atom stereocenters. The van der Waals surface area contributed by atoms with Crippen LogP contribution in [-0.4, -0.2) is 102 Å². The summed E-state index contributed by atoms with van der Waals surface area (Å²) in [6, 6.07) is 45.7. The lowest BCUT2D eigenvalue weighted by atomic mass is 10.1. The minimum Gasteiger partial charge on any atom is -0.286 e. The molecule has 2 aliphatic rings. The molecule has 0 atom stereocenters. The number of para-hydroxylation sites is 1. The van der Waals surface area contributed by atoms with Crippen molar-refractivity contribution in [3.8, 4) is 17.1 Å². The molecule has 0 radical (unpaired) electrons. The fourth-order valence-electron chi connectivity index (χ4n) is 18.4. The molecule has 22 aromatic rings. The summed E-state index contributed by atoms with van der Waals surface area (Å²) < 4.78 is 12.3. The molecular weight excluding hydrogens is 1930 g/mol. The molecule has 1 saturated heterocycles. The van der Waals surface area contributed by atoms with Crippen molar-refractivity contribution in [2.45, 2.75) is 66.5 Å². The van der Waals surface area contributed by atoms with Gasteiger partial charge in [0.25, 0.3) is 145 Å². The van der Waals surface area contributed by atoms with Gasteiger partial charge in [0, 0.05) is 89.4 Å². The van der Waals surface area contributed by atoms with Crippen LogP contribution in [0.2, 0.25) is 0 Å². The number of carbonyl (C=O) groups is 4. The van der Waals surface area contributed by atoms with Gasteiger partial charge in [0.15, 0.2) is 0 Å². The van der Waals surface area contributed by atoms with Gasteiger partial charge in [-0.05, 0) is 154 Å². The molecule has 1 fully saturated rings. The SMILES string of the molecule is CCCn1c(=O)c2cc3c(=O)n(C)c(=O)c3cc2c1=O.CCc1ccc(-n2c(=O)c3cc4c(=O)n(C)c(=O)c4cc3c2=O)cc1.CCn1c(=O)c2cc3c(=O)n(C)c(=O)c3cc2c1=O.CN1C(=O)CCC1=O.CN1C(=O)c2ccccc2C1=O.Cc1ccc(-n2c(=O)c3cc4c(=O)n(C)c(=O)c4cc3c2=O)cc1.Cn1c(=O)c2cc3c(=O)n(-c4ccccc4)c(=O)c3cc2c1=O.Cn1c(=O)c2cc3c(=O)n(C)c(=O)c3cc2c1=O. The van der Waals surface area contributed by atoms with Gasteiger partial charge >= 0.3 is 0 Å². The number of likely N-dealkylation sites (tertiary alicyclic amines) is 1. The lowest BCUT2D eigenvalue weighted by Crippen LogP contribution is -2.25. The van der Waals surface area contributed by atoms with E-state index in [0.717, 1.165) is 77.3 Å². The van der Waals surface area contributed by atoms with Crippen molar-refractivity contribution in [2.75, 3.05) is 14.1 Å². The Balaban J connectivity index is 0.000000118. The Kier molecular flexibility index (Phi) is 25.5. The molecule has 0 aliphatic carbocycles. The van der Waals surface area contributed by atoms with Crippen LogP contribution >= 0.6 is 0 Å². The predicted octanol–water partition coefficient (Wildman–Crippen LogP) is 1.18. The maximum Gasteiger partial charge on any atom is 0.266 e. The van der Waals surface area contributed by atoms with Crippen LogP contribution in [0, 0.1) is 6.92 Å². The topological polar surface area (TPSA) is 544 Å². The first-order valence-corrected chi connectivity index (χ1v) is 45.8.